The standard InChI is InChI=1S/C10H21N/c1-8(2)9-6-4-5-7-10(9)11-3/h8-11H,4-7H2,1-3H3/t9-,10-/m0/s1. The largest absolute Gasteiger partial charge is 0.317 e. The van der Waals surface area contributed by atoms with E-state index in [1.807, 2.05) is 0 Å². The predicted molar refractivity (Wildman–Crippen MR) is 49.6 cm³/mol. The topological polar surface area (TPSA) is 12.0 Å². The number of rotatable bonds is 2. The molecule has 11 heavy (non-hydrogen) atoms. The molecule has 0 unspecified atom stereocenters. The zero-order chi connectivity index (χ0) is 8.27. The molecule has 0 amide bonds. The van der Waals surface area contributed by atoms with E-state index in [1.54, 1.807) is 0 Å². The van der Waals surface area contributed by atoms with Crippen molar-refractivity contribution in [2.75, 3.05) is 7.05 Å². The van der Waals surface area contributed by atoms with Crippen LogP contribution in [-0.2, 0) is 0 Å². The van der Waals surface area contributed by atoms with E-state index in [4.69, 9.17) is 0 Å². The Labute approximate surface area is 70.6 Å². The van der Waals surface area contributed by atoms with Gasteiger partial charge >= 0.3 is 0 Å². The first-order valence-corrected chi connectivity index (χ1v) is 4.93. The molecule has 0 spiro atoms. The average Bonchev–Trinajstić information content (AvgIpc) is 2.04. The van der Waals surface area contributed by atoms with E-state index in [9.17, 15) is 0 Å². The molecule has 0 saturated heterocycles. The lowest BCUT2D eigenvalue weighted by atomic mass is 9.78. The van der Waals surface area contributed by atoms with Crippen LogP contribution < -0.4 is 5.32 Å². The molecule has 66 valence electrons. The van der Waals surface area contributed by atoms with Crippen molar-refractivity contribution in [1.82, 2.24) is 5.32 Å². The van der Waals surface area contributed by atoms with Crippen molar-refractivity contribution >= 4 is 0 Å². The highest BCUT2D eigenvalue weighted by molar-refractivity contribution is 4.81. The molecule has 1 fully saturated rings. The van der Waals surface area contributed by atoms with E-state index in [2.05, 4.69) is 26.2 Å². The van der Waals surface area contributed by atoms with E-state index in [-0.39, 0.29) is 0 Å². The van der Waals surface area contributed by atoms with Gasteiger partial charge in [0.05, 0.1) is 0 Å². The van der Waals surface area contributed by atoms with Crippen LogP contribution >= 0.6 is 0 Å². The van der Waals surface area contributed by atoms with Crippen molar-refractivity contribution in [1.29, 1.82) is 0 Å². The predicted octanol–water partition coefficient (Wildman–Crippen LogP) is 2.42. The summed E-state index contributed by atoms with van der Waals surface area (Å²) in [6.07, 6.45) is 5.69. The van der Waals surface area contributed by atoms with E-state index in [1.165, 1.54) is 25.7 Å². The van der Waals surface area contributed by atoms with Crippen LogP contribution in [0.5, 0.6) is 0 Å². The molecule has 0 aromatic rings. The zero-order valence-electron chi connectivity index (χ0n) is 8.06. The Balaban J connectivity index is 2.44. The maximum absolute atomic E-state index is 3.44. The molecular weight excluding hydrogens is 134 g/mol. The van der Waals surface area contributed by atoms with E-state index >= 15 is 0 Å². The lowest BCUT2D eigenvalue weighted by molar-refractivity contribution is 0.214. The van der Waals surface area contributed by atoms with Crippen LogP contribution in [0.25, 0.3) is 0 Å². The lowest BCUT2D eigenvalue weighted by Crippen LogP contribution is -2.38. The van der Waals surface area contributed by atoms with Crippen LogP contribution in [0.3, 0.4) is 0 Å². The Hall–Kier alpha value is -0.0400. The zero-order valence-corrected chi connectivity index (χ0v) is 8.06. The minimum absolute atomic E-state index is 0.795. The third kappa shape index (κ3) is 2.19. The SMILES string of the molecule is CN[C@H]1CCCC[C@H]1C(C)C. The molecule has 1 heteroatoms. The van der Waals surface area contributed by atoms with Gasteiger partial charge in [0, 0.05) is 6.04 Å². The van der Waals surface area contributed by atoms with Gasteiger partial charge in [-0.15, -0.1) is 0 Å². The quantitative estimate of drug-likeness (QED) is 0.645. The molecule has 2 atom stereocenters. The van der Waals surface area contributed by atoms with Gasteiger partial charge < -0.3 is 5.32 Å². The first-order valence-electron chi connectivity index (χ1n) is 4.93. The second-order valence-electron chi connectivity index (χ2n) is 4.09. The van der Waals surface area contributed by atoms with Crippen LogP contribution in [0.4, 0.5) is 0 Å². The van der Waals surface area contributed by atoms with Gasteiger partial charge in [-0.3, -0.25) is 0 Å². The van der Waals surface area contributed by atoms with Crippen molar-refractivity contribution in [3.8, 4) is 0 Å². The summed E-state index contributed by atoms with van der Waals surface area (Å²) in [7, 11) is 2.10. The Morgan fingerprint density at radius 1 is 1.18 bits per heavy atom. The maximum atomic E-state index is 3.44. The van der Waals surface area contributed by atoms with Crippen LogP contribution in [-0.4, -0.2) is 13.1 Å². The van der Waals surface area contributed by atoms with E-state index in [0.29, 0.717) is 0 Å². The molecule has 0 bridgehead atoms. The summed E-state index contributed by atoms with van der Waals surface area (Å²) in [6, 6.07) is 0.795. The van der Waals surface area contributed by atoms with Crippen LogP contribution in [0.2, 0.25) is 0 Å². The van der Waals surface area contributed by atoms with Crippen molar-refractivity contribution < 1.29 is 0 Å². The highest BCUT2D eigenvalue weighted by Gasteiger charge is 2.25. The molecule has 1 aliphatic rings. The summed E-state index contributed by atoms with van der Waals surface area (Å²) in [5, 5.41) is 3.44. The molecule has 1 N–H and O–H groups in total. The maximum Gasteiger partial charge on any atom is 0.00947 e. The van der Waals surface area contributed by atoms with E-state index < -0.39 is 0 Å². The third-order valence-electron chi connectivity index (χ3n) is 3.05. The normalized spacial score (nSPS) is 32.7. The monoisotopic (exact) mass is 155 g/mol. The summed E-state index contributed by atoms with van der Waals surface area (Å²) < 4.78 is 0. The van der Waals surface area contributed by atoms with Crippen LogP contribution in [0, 0.1) is 11.8 Å². The summed E-state index contributed by atoms with van der Waals surface area (Å²) in [5.41, 5.74) is 0. The fourth-order valence-corrected chi connectivity index (χ4v) is 2.32. The molecule has 1 nitrogen and oxygen atoms in total. The molecule has 1 saturated carbocycles. The minimum atomic E-state index is 0.795. The molecule has 1 aliphatic carbocycles. The lowest BCUT2D eigenvalue weighted by Gasteiger charge is -2.34. The first kappa shape index (κ1) is 9.05. The summed E-state index contributed by atoms with van der Waals surface area (Å²) >= 11 is 0. The Morgan fingerprint density at radius 2 is 1.82 bits per heavy atom. The number of hydrogen-bond acceptors (Lipinski definition) is 1. The molecule has 0 aliphatic heterocycles. The first-order chi connectivity index (χ1) is 5.25. The van der Waals surface area contributed by atoms with Gasteiger partial charge in [0.2, 0.25) is 0 Å². The molecule has 0 aromatic carbocycles. The fourth-order valence-electron chi connectivity index (χ4n) is 2.32. The Morgan fingerprint density at radius 3 is 2.27 bits per heavy atom. The minimum Gasteiger partial charge on any atom is -0.317 e. The summed E-state index contributed by atoms with van der Waals surface area (Å²) in [6.45, 7) is 4.70. The summed E-state index contributed by atoms with van der Waals surface area (Å²) in [5.74, 6) is 1.78. The van der Waals surface area contributed by atoms with Gasteiger partial charge in [0.1, 0.15) is 0 Å². The highest BCUT2D eigenvalue weighted by Crippen LogP contribution is 2.29. The Kier molecular flexibility index (Phi) is 3.38. The number of nitrogens with one attached hydrogen (secondary N) is 1. The van der Waals surface area contributed by atoms with Gasteiger partial charge in [0.25, 0.3) is 0 Å². The molecule has 0 radical (unpaired) electrons. The van der Waals surface area contributed by atoms with Gasteiger partial charge in [-0.05, 0) is 31.7 Å². The van der Waals surface area contributed by atoms with Crippen molar-refractivity contribution in [2.24, 2.45) is 11.8 Å². The fraction of sp³-hybridized carbons (Fsp3) is 1.00. The summed E-state index contributed by atoms with van der Waals surface area (Å²) in [4.78, 5) is 0. The van der Waals surface area contributed by atoms with Crippen LogP contribution in [0.15, 0.2) is 0 Å². The number of hydrogen-bond donors (Lipinski definition) is 1. The van der Waals surface area contributed by atoms with Gasteiger partial charge in [-0.1, -0.05) is 26.7 Å². The van der Waals surface area contributed by atoms with E-state index in [0.717, 1.165) is 17.9 Å². The van der Waals surface area contributed by atoms with Crippen molar-refractivity contribution in [3.05, 3.63) is 0 Å². The second kappa shape index (κ2) is 4.10. The third-order valence-corrected chi connectivity index (χ3v) is 3.05. The smallest absolute Gasteiger partial charge is 0.00947 e. The molecular formula is C10H21N. The Bertz CT molecular complexity index is 109. The molecule has 1 rings (SSSR count). The van der Waals surface area contributed by atoms with Gasteiger partial charge in [-0.2, -0.15) is 0 Å². The van der Waals surface area contributed by atoms with Gasteiger partial charge in [0.15, 0.2) is 0 Å². The van der Waals surface area contributed by atoms with Crippen LogP contribution in [0.1, 0.15) is 39.5 Å². The highest BCUT2D eigenvalue weighted by atomic mass is 14.9. The van der Waals surface area contributed by atoms with Crippen molar-refractivity contribution in [2.45, 2.75) is 45.6 Å². The van der Waals surface area contributed by atoms with Crippen molar-refractivity contribution in [3.63, 3.8) is 0 Å². The molecule has 0 heterocycles. The van der Waals surface area contributed by atoms with Gasteiger partial charge in [-0.25, -0.2) is 0 Å². The average molecular weight is 155 g/mol. The second-order valence-corrected chi connectivity index (χ2v) is 4.09. The molecule has 0 aromatic heterocycles.